The van der Waals surface area contributed by atoms with Crippen LogP contribution >= 0.6 is 24.4 Å². The second-order valence-electron chi connectivity index (χ2n) is 18.0. The van der Waals surface area contributed by atoms with Crippen molar-refractivity contribution < 1.29 is 17.5 Å². The second-order valence-corrected chi connectivity index (χ2v) is 21.0. The molecule has 0 atom stereocenters. The van der Waals surface area contributed by atoms with Gasteiger partial charge >= 0.3 is 0 Å². The van der Waals surface area contributed by atoms with Gasteiger partial charge in [-0.2, -0.15) is 30.3 Å². The topological polar surface area (TPSA) is 104 Å². The van der Waals surface area contributed by atoms with Crippen molar-refractivity contribution in [1.82, 2.24) is 20.2 Å². The van der Waals surface area contributed by atoms with Gasteiger partial charge in [0.05, 0.1) is 16.9 Å². The van der Waals surface area contributed by atoms with Gasteiger partial charge in [-0.1, -0.05) is 98.8 Å². The summed E-state index contributed by atoms with van der Waals surface area (Å²) in [4.78, 5) is 3.68. The molecule has 64 heavy (non-hydrogen) atoms. The Bertz CT molecular complexity index is 3040. The van der Waals surface area contributed by atoms with Crippen molar-refractivity contribution in [3.05, 3.63) is 160 Å². The minimum Gasteiger partial charge on any atom is -0.344 e. The van der Waals surface area contributed by atoms with Gasteiger partial charge in [-0.15, -0.1) is 5.10 Å². The number of thioether (sulfide) groups is 1. The van der Waals surface area contributed by atoms with E-state index < -0.39 is 10.1 Å². The Morgan fingerprint density at radius 1 is 0.781 bits per heavy atom. The molecule has 9 rings (SSSR count). The normalized spacial score (nSPS) is 18.2. The largest absolute Gasteiger partial charge is 0.344 e. The van der Waals surface area contributed by atoms with Crippen LogP contribution in [-0.2, 0) is 20.9 Å². The molecule has 3 heterocycles. The Balaban J connectivity index is 1.15. The number of rotatable bonds is 15. The maximum absolute atomic E-state index is 11.7. The molecule has 328 valence electrons. The van der Waals surface area contributed by atoms with Crippen LogP contribution in [0.5, 0.6) is 0 Å². The summed E-state index contributed by atoms with van der Waals surface area (Å²) < 4.78 is 37.0. The van der Waals surface area contributed by atoms with Crippen LogP contribution in [0.4, 0.5) is 11.4 Å². The van der Waals surface area contributed by atoms with Crippen LogP contribution in [0.3, 0.4) is 0 Å². The molecule has 0 radical (unpaired) electrons. The molecular formula is C52H55N6O3S3+. The fourth-order valence-electron chi connectivity index (χ4n) is 10.1. The molecule has 0 saturated carbocycles. The quantitative estimate of drug-likeness (QED) is 0.0454. The first-order valence-corrected chi connectivity index (χ1v) is 25.3. The van der Waals surface area contributed by atoms with E-state index in [9.17, 15) is 13.0 Å². The summed E-state index contributed by atoms with van der Waals surface area (Å²) in [7, 11) is -4.05. The Kier molecular flexibility index (Phi) is 12.3. The summed E-state index contributed by atoms with van der Waals surface area (Å²) in [6.07, 6.45) is 14.0. The Labute approximate surface area is 386 Å². The fourth-order valence-corrected chi connectivity index (χ4v) is 11.9. The highest BCUT2D eigenvalue weighted by Crippen LogP contribution is 2.52. The third-order valence-corrected chi connectivity index (χ3v) is 15.4. The molecule has 0 amide bonds. The van der Waals surface area contributed by atoms with Crippen molar-refractivity contribution in [3.63, 3.8) is 0 Å². The predicted octanol–water partition coefficient (Wildman–Crippen LogP) is 11.7. The summed E-state index contributed by atoms with van der Waals surface area (Å²) in [5.41, 5.74) is 10.2. The van der Waals surface area contributed by atoms with Crippen LogP contribution in [0.2, 0.25) is 0 Å². The average Bonchev–Trinajstić information content (AvgIpc) is 4.01. The first-order chi connectivity index (χ1) is 30.9. The van der Waals surface area contributed by atoms with E-state index in [4.69, 9.17) is 0 Å². The van der Waals surface area contributed by atoms with E-state index in [0.717, 1.165) is 60.0 Å². The molecule has 3 aliphatic rings. The molecule has 0 saturated heterocycles. The van der Waals surface area contributed by atoms with Gasteiger partial charge in [0.1, 0.15) is 6.54 Å². The zero-order valence-corrected chi connectivity index (χ0v) is 39.4. The lowest BCUT2D eigenvalue weighted by atomic mass is 9.79. The van der Waals surface area contributed by atoms with Crippen molar-refractivity contribution >= 4 is 73.1 Å². The van der Waals surface area contributed by atoms with Gasteiger partial charge in [-0.25, -0.2) is 0 Å². The number of fused-ring (bicyclic) bond motifs is 6. The van der Waals surface area contributed by atoms with Crippen molar-refractivity contribution in [2.75, 3.05) is 29.5 Å². The smallest absolute Gasteiger partial charge is 0.264 e. The Morgan fingerprint density at radius 2 is 1.48 bits per heavy atom. The van der Waals surface area contributed by atoms with Crippen LogP contribution in [-0.4, -0.2) is 68.1 Å². The Hall–Kier alpha value is -5.27. The molecule has 5 aromatic carbocycles. The van der Waals surface area contributed by atoms with Crippen molar-refractivity contribution in [1.29, 1.82) is 0 Å². The minimum atomic E-state index is -4.05. The van der Waals surface area contributed by atoms with Gasteiger partial charge < -0.3 is 4.90 Å². The number of aromatic nitrogens is 4. The van der Waals surface area contributed by atoms with Crippen LogP contribution in [0.1, 0.15) is 77.3 Å². The van der Waals surface area contributed by atoms with Crippen LogP contribution < -0.4 is 4.90 Å². The number of nitrogens with zero attached hydrogens (tertiary/aromatic N) is 6. The summed E-state index contributed by atoms with van der Waals surface area (Å²) in [5, 5.41) is 18.8. The fraction of sp³-hybridized carbons (Fsp3) is 0.308. The van der Waals surface area contributed by atoms with E-state index in [-0.39, 0.29) is 16.6 Å². The van der Waals surface area contributed by atoms with Gasteiger partial charge in [0, 0.05) is 52.4 Å². The summed E-state index contributed by atoms with van der Waals surface area (Å²) in [6, 6.07) is 36.2. The molecule has 1 aromatic heterocycles. The van der Waals surface area contributed by atoms with E-state index >= 15 is 0 Å². The first-order valence-electron chi connectivity index (χ1n) is 22.2. The van der Waals surface area contributed by atoms with E-state index in [0.29, 0.717) is 24.5 Å². The lowest BCUT2D eigenvalue weighted by molar-refractivity contribution is -0.438. The maximum Gasteiger partial charge on any atom is 0.264 e. The number of unbranched alkanes of at least 4 members (excludes halogenated alkanes) is 2. The summed E-state index contributed by atoms with van der Waals surface area (Å²) in [6.45, 7) is 10.8. The number of benzene rings is 5. The van der Waals surface area contributed by atoms with Crippen molar-refractivity contribution in [2.24, 2.45) is 0 Å². The molecule has 1 aliphatic carbocycles. The van der Waals surface area contributed by atoms with Gasteiger partial charge in [-0.05, 0) is 142 Å². The highest BCUT2D eigenvalue weighted by Gasteiger charge is 2.46. The van der Waals surface area contributed by atoms with Crippen molar-refractivity contribution in [3.8, 4) is 5.69 Å². The number of tetrazole rings is 1. The molecule has 2 aliphatic heterocycles. The molecular weight excluding hydrogens is 853 g/mol. The van der Waals surface area contributed by atoms with Crippen LogP contribution in [0, 0.1) is 0 Å². The number of allylic oxidation sites excluding steroid dienone is 7. The third-order valence-electron chi connectivity index (χ3n) is 13.1. The lowest BCUT2D eigenvalue weighted by Gasteiger charge is -2.27. The highest BCUT2D eigenvalue weighted by atomic mass is 32.2. The average molecular weight is 908 g/mol. The van der Waals surface area contributed by atoms with Crippen molar-refractivity contribution in [2.45, 2.75) is 82.2 Å². The predicted molar refractivity (Wildman–Crippen MR) is 266 cm³/mol. The van der Waals surface area contributed by atoms with Crippen LogP contribution in [0.15, 0.2) is 154 Å². The SMILES string of the molecule is CC1(C)C(/C=C/C2=C(Sc3nnnn3-c3ccccc3)C(=C/C=C3/N(CCCCS)c4ccc5ccccc5c4C3(C)C)/CC2)=[N+](CCCCS(=O)(=O)O)c2ccc3ccccc3c21. The molecule has 12 heteroatoms. The zero-order chi connectivity index (χ0) is 44.6. The van der Waals surface area contributed by atoms with Gasteiger partial charge in [0.15, 0.2) is 5.71 Å². The van der Waals surface area contributed by atoms with E-state index in [1.165, 1.54) is 55.2 Å². The van der Waals surface area contributed by atoms with Gasteiger partial charge in [0.2, 0.25) is 10.8 Å². The van der Waals surface area contributed by atoms with Gasteiger partial charge in [0.25, 0.3) is 10.1 Å². The standard InChI is InChI=1S/C52H54N6O3S3/c1-51(2)45(56(32-12-14-34-62)43-28-24-36-16-8-10-20-41(36)47(43)51)30-26-38-22-23-39(49(38)63-50-53-54-55-58(50)40-18-6-5-7-19-40)27-31-46-52(3,4)48-42-21-11-9-17-37(42)25-29-44(48)57(46)33-13-15-35-64(59,60)61/h5-11,16-21,24-31H,12-15,22-23,32-35H2,1-4H3,(H-,59,60,61,62)/p+1. The first kappa shape index (κ1) is 44.0. The molecule has 9 nitrogen and oxygen atoms in total. The molecule has 0 unspecified atom stereocenters. The van der Waals surface area contributed by atoms with Crippen LogP contribution in [0.25, 0.3) is 27.2 Å². The number of hydrogen-bond acceptors (Lipinski definition) is 8. The number of thiol groups is 1. The van der Waals surface area contributed by atoms with E-state index in [2.05, 4.69) is 162 Å². The third kappa shape index (κ3) is 8.41. The molecule has 1 N–H and O–H groups in total. The monoisotopic (exact) mass is 907 g/mol. The Morgan fingerprint density at radius 3 is 2.22 bits per heavy atom. The highest BCUT2D eigenvalue weighted by molar-refractivity contribution is 8.03. The molecule has 0 fully saturated rings. The van der Waals surface area contributed by atoms with E-state index in [1.54, 1.807) is 11.8 Å². The number of anilines is 1. The molecule has 0 bridgehead atoms. The summed E-state index contributed by atoms with van der Waals surface area (Å²) >= 11 is 6.16. The van der Waals surface area contributed by atoms with Gasteiger partial charge in [-0.3, -0.25) is 4.55 Å². The summed E-state index contributed by atoms with van der Waals surface area (Å²) in [5.74, 6) is 0.605. The van der Waals surface area contributed by atoms with E-state index in [1.807, 2.05) is 35.0 Å². The molecule has 6 aromatic rings. The minimum absolute atomic E-state index is 0.237. The maximum atomic E-state index is 11.7. The number of hydrogen-bond donors (Lipinski definition) is 2. The second kappa shape index (κ2) is 18.0. The zero-order valence-electron chi connectivity index (χ0n) is 36.9. The number of para-hydroxylation sites is 1. The lowest BCUT2D eigenvalue weighted by Crippen LogP contribution is -2.28. The molecule has 0 spiro atoms.